The van der Waals surface area contributed by atoms with Gasteiger partial charge in [-0.1, -0.05) is 6.08 Å². The van der Waals surface area contributed by atoms with Crippen molar-refractivity contribution < 1.29 is 9.53 Å². The summed E-state index contributed by atoms with van der Waals surface area (Å²) in [5, 5.41) is 2.13. The molecule has 0 spiro atoms. The Morgan fingerprint density at radius 1 is 1.30 bits per heavy atom. The number of hydrogen-bond acceptors (Lipinski definition) is 6. The lowest BCUT2D eigenvalue weighted by atomic mass is 10.0. The highest BCUT2D eigenvalue weighted by Gasteiger charge is 2.27. The van der Waals surface area contributed by atoms with Gasteiger partial charge in [-0.05, 0) is 48.7 Å². The number of fused-ring (bicyclic) bond motifs is 1. The summed E-state index contributed by atoms with van der Waals surface area (Å²) in [5.74, 6) is 0.915. The average molecular weight is 367 g/mol. The van der Waals surface area contributed by atoms with Crippen molar-refractivity contribution in [3.05, 3.63) is 36.0 Å². The molecule has 3 heterocycles. The fraction of sp³-hybridized carbons (Fsp3) is 0.400. The molecule has 4 rings (SSSR count). The average Bonchev–Trinajstić information content (AvgIpc) is 3.08. The number of amides is 1. The fourth-order valence-corrected chi connectivity index (χ4v) is 3.85. The third-order valence-corrected chi connectivity index (χ3v) is 5.30. The molecule has 0 radical (unpaired) electrons. The number of anilines is 2. The number of benzene rings is 1. The van der Waals surface area contributed by atoms with Crippen molar-refractivity contribution in [2.75, 3.05) is 43.9 Å². The largest absolute Gasteiger partial charge is 0.444 e. The number of nitrogen functional groups attached to an aromatic ring is 1. The van der Waals surface area contributed by atoms with Gasteiger partial charge in [0.15, 0.2) is 0 Å². The highest BCUT2D eigenvalue weighted by atomic mass is 16.6. The predicted molar refractivity (Wildman–Crippen MR) is 108 cm³/mol. The minimum Gasteiger partial charge on any atom is -0.444 e. The second kappa shape index (κ2) is 7.08. The van der Waals surface area contributed by atoms with Crippen LogP contribution < -0.4 is 16.4 Å². The molecule has 1 fully saturated rings. The minimum atomic E-state index is -0.724. The third-order valence-electron chi connectivity index (χ3n) is 5.30. The van der Waals surface area contributed by atoms with E-state index < -0.39 is 6.09 Å². The van der Waals surface area contributed by atoms with Crippen molar-refractivity contribution in [2.45, 2.75) is 18.9 Å². The summed E-state index contributed by atoms with van der Waals surface area (Å²) < 4.78 is 5.18. The Kier molecular flexibility index (Phi) is 4.61. The first kappa shape index (κ1) is 17.6. The molecule has 0 aliphatic carbocycles. The molecule has 2 aliphatic heterocycles. The standard InChI is InChI=1S/C20H25N5O2/c1-24-7-4-13(5-8-24)18-11-14-10-15(21)2-3-17(14)19(23-18)25-9-6-16(12-25)27-20(22)26/h2-4,10-11,16H,5-9,12,21H2,1H3,(H2,22,26). The van der Waals surface area contributed by atoms with Gasteiger partial charge >= 0.3 is 6.09 Å². The molecule has 7 nitrogen and oxygen atoms in total. The van der Waals surface area contributed by atoms with E-state index in [1.165, 1.54) is 5.57 Å². The molecule has 1 aromatic carbocycles. The highest BCUT2D eigenvalue weighted by Crippen LogP contribution is 2.33. The normalized spacial score (nSPS) is 20.7. The lowest BCUT2D eigenvalue weighted by Crippen LogP contribution is -2.28. The number of rotatable bonds is 3. The summed E-state index contributed by atoms with van der Waals surface area (Å²) in [6.45, 7) is 3.33. The second-order valence-corrected chi connectivity index (χ2v) is 7.35. The number of nitrogens with zero attached hydrogens (tertiary/aromatic N) is 3. The number of likely N-dealkylation sites (N-methyl/N-ethyl adjacent to an activating group) is 1. The van der Waals surface area contributed by atoms with Crippen molar-refractivity contribution in [3.63, 3.8) is 0 Å². The van der Waals surface area contributed by atoms with Gasteiger partial charge in [-0.3, -0.25) is 0 Å². The number of carbonyl (C=O) groups excluding carboxylic acids is 1. The number of hydrogen-bond donors (Lipinski definition) is 2. The van der Waals surface area contributed by atoms with E-state index in [1.54, 1.807) is 0 Å². The number of aromatic nitrogens is 1. The topological polar surface area (TPSA) is 97.7 Å². The van der Waals surface area contributed by atoms with E-state index in [1.807, 2.05) is 18.2 Å². The molecular formula is C20H25N5O2. The molecule has 2 aliphatic rings. The number of nitrogens with two attached hydrogens (primary N) is 2. The number of pyridine rings is 1. The van der Waals surface area contributed by atoms with Crippen LogP contribution in [0.1, 0.15) is 18.5 Å². The summed E-state index contributed by atoms with van der Waals surface area (Å²) in [5.41, 5.74) is 14.2. The van der Waals surface area contributed by atoms with E-state index >= 15 is 0 Å². The first-order valence-corrected chi connectivity index (χ1v) is 9.29. The molecule has 2 aromatic rings. The van der Waals surface area contributed by atoms with Crippen LogP contribution in [0.4, 0.5) is 16.3 Å². The summed E-state index contributed by atoms with van der Waals surface area (Å²) in [6, 6.07) is 8.03. The Balaban J connectivity index is 1.73. The molecule has 142 valence electrons. The monoisotopic (exact) mass is 367 g/mol. The van der Waals surface area contributed by atoms with Crippen molar-refractivity contribution >= 4 is 33.9 Å². The molecule has 0 bridgehead atoms. The van der Waals surface area contributed by atoms with Crippen LogP contribution >= 0.6 is 0 Å². The van der Waals surface area contributed by atoms with Gasteiger partial charge in [0.05, 0.1) is 12.2 Å². The van der Waals surface area contributed by atoms with Gasteiger partial charge in [0.1, 0.15) is 11.9 Å². The Morgan fingerprint density at radius 2 is 2.15 bits per heavy atom. The van der Waals surface area contributed by atoms with Crippen LogP contribution in [-0.4, -0.2) is 55.3 Å². The van der Waals surface area contributed by atoms with Crippen molar-refractivity contribution in [1.29, 1.82) is 0 Å². The van der Waals surface area contributed by atoms with Gasteiger partial charge in [-0.15, -0.1) is 0 Å². The van der Waals surface area contributed by atoms with Crippen LogP contribution in [0.2, 0.25) is 0 Å². The molecule has 1 unspecified atom stereocenters. The first-order chi connectivity index (χ1) is 13.0. The molecule has 7 heteroatoms. The van der Waals surface area contributed by atoms with Crippen molar-refractivity contribution in [2.24, 2.45) is 5.73 Å². The zero-order chi connectivity index (χ0) is 19.0. The summed E-state index contributed by atoms with van der Waals surface area (Å²) in [7, 11) is 2.12. The van der Waals surface area contributed by atoms with E-state index in [0.717, 1.165) is 60.4 Å². The smallest absolute Gasteiger partial charge is 0.404 e. The van der Waals surface area contributed by atoms with Crippen molar-refractivity contribution in [3.8, 4) is 0 Å². The maximum absolute atomic E-state index is 11.1. The molecule has 4 N–H and O–H groups in total. The maximum atomic E-state index is 11.1. The molecule has 1 saturated heterocycles. The van der Waals surface area contributed by atoms with Crippen LogP contribution in [0.5, 0.6) is 0 Å². The van der Waals surface area contributed by atoms with E-state index in [2.05, 4.69) is 29.0 Å². The Bertz CT molecular complexity index is 911. The summed E-state index contributed by atoms with van der Waals surface area (Å²) in [4.78, 5) is 20.5. The predicted octanol–water partition coefficient (Wildman–Crippen LogP) is 2.21. The molecule has 1 atom stereocenters. The first-order valence-electron chi connectivity index (χ1n) is 9.29. The molecule has 1 amide bonds. The van der Waals surface area contributed by atoms with Gasteiger partial charge in [0, 0.05) is 37.1 Å². The van der Waals surface area contributed by atoms with Crippen molar-refractivity contribution in [1.82, 2.24) is 9.88 Å². The Morgan fingerprint density at radius 3 is 2.89 bits per heavy atom. The molecule has 0 saturated carbocycles. The van der Waals surface area contributed by atoms with E-state index in [0.29, 0.717) is 6.54 Å². The van der Waals surface area contributed by atoms with Gasteiger partial charge in [0.25, 0.3) is 0 Å². The van der Waals surface area contributed by atoms with Gasteiger partial charge in [0.2, 0.25) is 0 Å². The number of carbonyl (C=O) groups is 1. The third kappa shape index (κ3) is 3.68. The fourth-order valence-electron chi connectivity index (χ4n) is 3.85. The highest BCUT2D eigenvalue weighted by molar-refractivity contribution is 5.96. The molecular weight excluding hydrogens is 342 g/mol. The van der Waals surface area contributed by atoms with Gasteiger partial charge < -0.3 is 26.0 Å². The van der Waals surface area contributed by atoms with Gasteiger partial charge in [-0.25, -0.2) is 9.78 Å². The molecule has 1 aromatic heterocycles. The Labute approximate surface area is 158 Å². The SMILES string of the molecule is CN1CC=C(c2cc3cc(N)ccc3c(N3CCC(OC(N)=O)C3)n2)CC1. The maximum Gasteiger partial charge on any atom is 0.404 e. The zero-order valence-corrected chi connectivity index (χ0v) is 15.5. The van der Waals surface area contributed by atoms with E-state index in [-0.39, 0.29) is 6.10 Å². The van der Waals surface area contributed by atoms with Crippen LogP contribution in [0.15, 0.2) is 30.3 Å². The minimum absolute atomic E-state index is 0.195. The van der Waals surface area contributed by atoms with Crippen LogP contribution in [0.3, 0.4) is 0 Å². The zero-order valence-electron chi connectivity index (χ0n) is 15.5. The second-order valence-electron chi connectivity index (χ2n) is 7.35. The van der Waals surface area contributed by atoms with Gasteiger partial charge in [-0.2, -0.15) is 0 Å². The number of ether oxygens (including phenoxy) is 1. The Hall–Kier alpha value is -2.80. The van der Waals surface area contributed by atoms with Crippen LogP contribution in [0.25, 0.3) is 16.3 Å². The lowest BCUT2D eigenvalue weighted by Gasteiger charge is -2.24. The van der Waals surface area contributed by atoms with Crippen LogP contribution in [0, 0.1) is 0 Å². The molecule has 27 heavy (non-hydrogen) atoms. The summed E-state index contributed by atoms with van der Waals surface area (Å²) >= 11 is 0. The van der Waals surface area contributed by atoms with E-state index in [9.17, 15) is 4.79 Å². The number of primary amides is 1. The van der Waals surface area contributed by atoms with Crippen LogP contribution in [-0.2, 0) is 4.74 Å². The lowest BCUT2D eigenvalue weighted by molar-refractivity contribution is 0.117. The quantitative estimate of drug-likeness (QED) is 0.807. The van der Waals surface area contributed by atoms with E-state index in [4.69, 9.17) is 21.2 Å². The summed E-state index contributed by atoms with van der Waals surface area (Å²) in [6.07, 6.45) is 3.05.